The molecule has 0 atom stereocenters. The number of aromatic nitrogens is 2. The Morgan fingerprint density at radius 1 is 1.32 bits per heavy atom. The van der Waals surface area contributed by atoms with Crippen molar-refractivity contribution in [3.8, 4) is 11.3 Å². The van der Waals surface area contributed by atoms with Gasteiger partial charge in [0.1, 0.15) is 21.3 Å². The molecule has 7 heteroatoms. The monoisotopic (exact) mass is 355 g/mol. The van der Waals surface area contributed by atoms with Crippen LogP contribution in [0.2, 0.25) is 0 Å². The number of amides is 1. The normalized spacial score (nSPS) is 11.1. The van der Waals surface area contributed by atoms with Crippen molar-refractivity contribution in [1.29, 1.82) is 0 Å². The Morgan fingerprint density at radius 2 is 2.12 bits per heavy atom. The second-order valence-corrected chi connectivity index (χ2v) is 6.30. The zero-order chi connectivity index (χ0) is 17.6. The molecule has 0 aliphatic carbocycles. The van der Waals surface area contributed by atoms with Gasteiger partial charge in [0.2, 0.25) is 0 Å². The molecule has 0 saturated heterocycles. The van der Waals surface area contributed by atoms with E-state index in [4.69, 9.17) is 9.63 Å². The first-order chi connectivity index (χ1) is 12.2. The molecule has 0 spiro atoms. The number of thiazole rings is 1. The zero-order valence-electron chi connectivity index (χ0n) is 13.6. The minimum Gasteiger partial charge on any atom is -0.395 e. The highest BCUT2D eigenvalue weighted by molar-refractivity contribution is 7.14. The van der Waals surface area contributed by atoms with Crippen LogP contribution in [0.1, 0.15) is 26.0 Å². The van der Waals surface area contributed by atoms with Crippen molar-refractivity contribution in [2.75, 3.05) is 13.2 Å². The predicted molar refractivity (Wildman–Crippen MR) is 97.1 cm³/mol. The summed E-state index contributed by atoms with van der Waals surface area (Å²) in [6.07, 6.45) is 5.25. The van der Waals surface area contributed by atoms with E-state index in [1.54, 1.807) is 0 Å². The molecule has 3 rings (SSSR count). The van der Waals surface area contributed by atoms with Crippen molar-refractivity contribution in [1.82, 2.24) is 15.5 Å². The summed E-state index contributed by atoms with van der Waals surface area (Å²) in [6, 6.07) is 9.80. The SMILES string of the molecule is Cc1onc(-c2ccccc2)c1C=Cc1ncc(C(=O)NCCO)s1. The number of carbonyl (C=O) groups is 1. The molecule has 0 aliphatic heterocycles. The summed E-state index contributed by atoms with van der Waals surface area (Å²) < 4.78 is 5.32. The summed E-state index contributed by atoms with van der Waals surface area (Å²) in [5.74, 6) is 0.477. The van der Waals surface area contributed by atoms with Crippen LogP contribution in [0.5, 0.6) is 0 Å². The Bertz CT molecular complexity index is 884. The van der Waals surface area contributed by atoms with Crippen LogP contribution in [0.4, 0.5) is 0 Å². The molecular formula is C18H17N3O3S. The van der Waals surface area contributed by atoms with Crippen LogP contribution >= 0.6 is 11.3 Å². The van der Waals surface area contributed by atoms with Gasteiger partial charge in [0.05, 0.1) is 12.8 Å². The average Bonchev–Trinajstić information content (AvgIpc) is 3.25. The molecular weight excluding hydrogens is 338 g/mol. The van der Waals surface area contributed by atoms with E-state index < -0.39 is 0 Å². The number of aryl methyl sites for hydroxylation is 1. The van der Waals surface area contributed by atoms with Gasteiger partial charge in [-0.05, 0) is 19.1 Å². The van der Waals surface area contributed by atoms with Crippen molar-refractivity contribution >= 4 is 29.4 Å². The maximum absolute atomic E-state index is 11.8. The number of hydrogen-bond donors (Lipinski definition) is 2. The Balaban J connectivity index is 1.81. The largest absolute Gasteiger partial charge is 0.395 e. The third-order valence-corrected chi connectivity index (χ3v) is 4.45. The predicted octanol–water partition coefficient (Wildman–Crippen LogP) is 3.00. The van der Waals surface area contributed by atoms with Gasteiger partial charge in [0.15, 0.2) is 0 Å². The molecule has 0 saturated carbocycles. The van der Waals surface area contributed by atoms with E-state index >= 15 is 0 Å². The fourth-order valence-corrected chi connectivity index (χ4v) is 3.00. The van der Waals surface area contributed by atoms with E-state index in [1.807, 2.05) is 49.4 Å². The van der Waals surface area contributed by atoms with Crippen LogP contribution in [0.15, 0.2) is 41.1 Å². The molecule has 2 heterocycles. The lowest BCUT2D eigenvalue weighted by Gasteiger charge is -1.98. The van der Waals surface area contributed by atoms with Gasteiger partial charge in [-0.3, -0.25) is 4.79 Å². The van der Waals surface area contributed by atoms with E-state index in [9.17, 15) is 4.79 Å². The lowest BCUT2D eigenvalue weighted by Crippen LogP contribution is -2.25. The molecule has 6 nitrogen and oxygen atoms in total. The first-order valence-corrected chi connectivity index (χ1v) is 8.55. The smallest absolute Gasteiger partial charge is 0.263 e. The number of nitrogens with zero attached hydrogens (tertiary/aromatic N) is 2. The third kappa shape index (κ3) is 4.01. The van der Waals surface area contributed by atoms with Crippen molar-refractivity contribution in [3.05, 3.63) is 57.7 Å². The topological polar surface area (TPSA) is 88.2 Å². The molecule has 128 valence electrons. The van der Waals surface area contributed by atoms with Crippen LogP contribution in [0, 0.1) is 6.92 Å². The highest BCUT2D eigenvalue weighted by Gasteiger charge is 2.13. The number of nitrogens with one attached hydrogen (secondary N) is 1. The van der Waals surface area contributed by atoms with Crippen LogP contribution < -0.4 is 5.32 Å². The molecule has 0 radical (unpaired) electrons. The molecule has 1 amide bonds. The number of rotatable bonds is 6. The summed E-state index contributed by atoms with van der Waals surface area (Å²) in [5.41, 5.74) is 2.63. The number of hydrogen-bond acceptors (Lipinski definition) is 6. The van der Waals surface area contributed by atoms with Crippen LogP contribution in [0.3, 0.4) is 0 Å². The summed E-state index contributed by atoms with van der Waals surface area (Å²) in [4.78, 5) is 16.6. The molecule has 3 aromatic rings. The zero-order valence-corrected chi connectivity index (χ0v) is 14.4. The van der Waals surface area contributed by atoms with Gasteiger partial charge in [-0.25, -0.2) is 4.98 Å². The maximum Gasteiger partial charge on any atom is 0.263 e. The van der Waals surface area contributed by atoms with Crippen LogP contribution in [0.25, 0.3) is 23.4 Å². The molecule has 0 unspecified atom stereocenters. The van der Waals surface area contributed by atoms with E-state index in [0.29, 0.717) is 15.6 Å². The Morgan fingerprint density at radius 3 is 2.88 bits per heavy atom. The molecule has 0 bridgehead atoms. The molecule has 2 aromatic heterocycles. The molecule has 25 heavy (non-hydrogen) atoms. The van der Waals surface area contributed by atoms with Gasteiger partial charge in [0.25, 0.3) is 5.91 Å². The highest BCUT2D eigenvalue weighted by Crippen LogP contribution is 2.27. The van der Waals surface area contributed by atoms with Crippen LogP contribution in [-0.2, 0) is 0 Å². The first kappa shape index (κ1) is 17.1. The lowest BCUT2D eigenvalue weighted by atomic mass is 10.1. The molecule has 1 aromatic carbocycles. The minimum atomic E-state index is -0.239. The number of benzene rings is 1. The number of aliphatic hydroxyl groups is 1. The summed E-state index contributed by atoms with van der Waals surface area (Å²) in [5, 5.41) is 16.2. The molecule has 2 N–H and O–H groups in total. The fourth-order valence-electron chi connectivity index (χ4n) is 2.26. The number of aliphatic hydroxyl groups excluding tert-OH is 1. The first-order valence-electron chi connectivity index (χ1n) is 7.73. The summed E-state index contributed by atoms with van der Waals surface area (Å²) >= 11 is 1.28. The van der Waals surface area contributed by atoms with Crippen molar-refractivity contribution in [2.24, 2.45) is 0 Å². The van der Waals surface area contributed by atoms with Gasteiger partial charge in [0, 0.05) is 17.7 Å². The van der Waals surface area contributed by atoms with Gasteiger partial charge in [-0.15, -0.1) is 11.3 Å². The molecule has 0 aliphatic rings. The Hall–Kier alpha value is -2.77. The van der Waals surface area contributed by atoms with Gasteiger partial charge in [-0.2, -0.15) is 0 Å². The van der Waals surface area contributed by atoms with E-state index in [2.05, 4.69) is 15.5 Å². The van der Waals surface area contributed by atoms with Crippen molar-refractivity contribution < 1.29 is 14.4 Å². The molecule has 0 fully saturated rings. The summed E-state index contributed by atoms with van der Waals surface area (Å²) in [7, 11) is 0. The fraction of sp³-hybridized carbons (Fsp3) is 0.167. The summed E-state index contributed by atoms with van der Waals surface area (Å²) in [6.45, 7) is 1.99. The lowest BCUT2D eigenvalue weighted by molar-refractivity contribution is 0.0948. The Kier molecular flexibility index (Phi) is 5.37. The highest BCUT2D eigenvalue weighted by atomic mass is 32.1. The van der Waals surface area contributed by atoms with Gasteiger partial charge >= 0.3 is 0 Å². The van der Waals surface area contributed by atoms with E-state index in [0.717, 1.165) is 16.8 Å². The van der Waals surface area contributed by atoms with Crippen molar-refractivity contribution in [2.45, 2.75) is 6.92 Å². The van der Waals surface area contributed by atoms with E-state index in [-0.39, 0.29) is 19.1 Å². The van der Waals surface area contributed by atoms with Gasteiger partial charge < -0.3 is 14.9 Å². The Labute approximate surface area is 148 Å². The van der Waals surface area contributed by atoms with Crippen LogP contribution in [-0.4, -0.2) is 34.3 Å². The second-order valence-electron chi connectivity index (χ2n) is 5.24. The number of carbonyl (C=O) groups excluding carboxylic acids is 1. The maximum atomic E-state index is 11.8. The second kappa shape index (κ2) is 7.87. The standard InChI is InChI=1S/C18H17N3O3S/c1-12-14(17(21-24-12)13-5-3-2-4-6-13)7-8-16-20-11-15(25-16)18(23)19-9-10-22/h2-8,11,22H,9-10H2,1H3,(H,19,23). The quantitative estimate of drug-likeness (QED) is 0.710. The average molecular weight is 355 g/mol. The van der Waals surface area contributed by atoms with Crippen molar-refractivity contribution in [3.63, 3.8) is 0 Å². The third-order valence-electron chi connectivity index (χ3n) is 3.49. The van der Waals surface area contributed by atoms with Gasteiger partial charge in [-0.1, -0.05) is 35.5 Å². The van der Waals surface area contributed by atoms with E-state index in [1.165, 1.54) is 17.5 Å². The minimum absolute atomic E-state index is 0.0909.